The standard InChI is InChI=1S/C26H22N4O3/c31-24(12-14-30-15-13-27-18-30)28-22-10-5-9-21(17-22)26(33)29-23-11-4-8-20(16-23)25(32)19-6-2-1-3-7-19/h1-11,13,15-18H,12,14H2,(H,28,31)(H,29,33). The minimum Gasteiger partial charge on any atom is -0.337 e. The third kappa shape index (κ3) is 5.80. The number of carbonyl (C=O) groups is 3. The number of ketones is 1. The number of nitrogens with one attached hydrogen (secondary N) is 2. The number of hydrogen-bond acceptors (Lipinski definition) is 4. The quantitative estimate of drug-likeness (QED) is 0.399. The molecule has 0 spiro atoms. The normalized spacial score (nSPS) is 10.4. The maximum absolute atomic E-state index is 12.8. The molecule has 2 amide bonds. The van der Waals surface area contributed by atoms with Crippen LogP contribution in [0.5, 0.6) is 0 Å². The lowest BCUT2D eigenvalue weighted by molar-refractivity contribution is -0.116. The monoisotopic (exact) mass is 438 g/mol. The van der Waals surface area contributed by atoms with E-state index in [2.05, 4.69) is 15.6 Å². The van der Waals surface area contributed by atoms with Gasteiger partial charge in [0.05, 0.1) is 6.33 Å². The molecule has 4 aromatic rings. The summed E-state index contributed by atoms with van der Waals surface area (Å²) in [5.41, 5.74) is 2.50. The van der Waals surface area contributed by atoms with Gasteiger partial charge in [-0.1, -0.05) is 48.5 Å². The topological polar surface area (TPSA) is 93.1 Å². The first kappa shape index (κ1) is 21.7. The van der Waals surface area contributed by atoms with Gasteiger partial charge in [0.2, 0.25) is 5.91 Å². The van der Waals surface area contributed by atoms with Crippen molar-refractivity contribution in [2.75, 3.05) is 10.6 Å². The molecule has 0 aliphatic carbocycles. The van der Waals surface area contributed by atoms with Crippen LogP contribution in [-0.4, -0.2) is 27.1 Å². The number of carbonyl (C=O) groups excluding carboxylic acids is 3. The Balaban J connectivity index is 1.39. The zero-order chi connectivity index (χ0) is 23.0. The van der Waals surface area contributed by atoms with Gasteiger partial charge in [0.25, 0.3) is 5.91 Å². The second kappa shape index (κ2) is 10.2. The Labute approximate surface area is 191 Å². The zero-order valence-electron chi connectivity index (χ0n) is 17.8. The average molecular weight is 438 g/mol. The van der Waals surface area contributed by atoms with E-state index in [-0.39, 0.29) is 24.0 Å². The molecular weight excluding hydrogens is 416 g/mol. The van der Waals surface area contributed by atoms with Gasteiger partial charge in [-0.3, -0.25) is 14.4 Å². The Kier molecular flexibility index (Phi) is 6.70. The minimum absolute atomic E-state index is 0.118. The summed E-state index contributed by atoms with van der Waals surface area (Å²) in [6, 6.07) is 22.5. The Morgan fingerprint density at radius 1 is 0.758 bits per heavy atom. The van der Waals surface area contributed by atoms with Crippen LogP contribution < -0.4 is 10.6 Å². The average Bonchev–Trinajstić information content (AvgIpc) is 3.37. The second-order valence-electron chi connectivity index (χ2n) is 7.41. The van der Waals surface area contributed by atoms with Crippen molar-refractivity contribution < 1.29 is 14.4 Å². The van der Waals surface area contributed by atoms with Crippen molar-refractivity contribution in [3.63, 3.8) is 0 Å². The molecule has 0 radical (unpaired) electrons. The van der Waals surface area contributed by atoms with Crippen molar-refractivity contribution in [3.8, 4) is 0 Å². The third-order valence-electron chi connectivity index (χ3n) is 4.98. The van der Waals surface area contributed by atoms with E-state index >= 15 is 0 Å². The Bertz CT molecular complexity index is 1270. The fourth-order valence-corrected chi connectivity index (χ4v) is 3.31. The highest BCUT2D eigenvalue weighted by Crippen LogP contribution is 2.17. The highest BCUT2D eigenvalue weighted by Gasteiger charge is 2.12. The highest BCUT2D eigenvalue weighted by atomic mass is 16.2. The first-order chi connectivity index (χ1) is 16.1. The van der Waals surface area contributed by atoms with Crippen LogP contribution in [0.3, 0.4) is 0 Å². The maximum Gasteiger partial charge on any atom is 0.255 e. The summed E-state index contributed by atoms with van der Waals surface area (Å²) in [5.74, 6) is -0.616. The van der Waals surface area contributed by atoms with Gasteiger partial charge in [-0.15, -0.1) is 0 Å². The van der Waals surface area contributed by atoms with Crippen LogP contribution in [0.15, 0.2) is 97.6 Å². The van der Waals surface area contributed by atoms with Gasteiger partial charge >= 0.3 is 0 Å². The molecule has 0 fully saturated rings. The fraction of sp³-hybridized carbons (Fsp3) is 0.0769. The zero-order valence-corrected chi connectivity index (χ0v) is 17.8. The predicted molar refractivity (Wildman–Crippen MR) is 126 cm³/mol. The van der Waals surface area contributed by atoms with E-state index in [1.54, 1.807) is 79.4 Å². The minimum atomic E-state index is -0.339. The van der Waals surface area contributed by atoms with Crippen LogP contribution in [0.2, 0.25) is 0 Å². The number of anilines is 2. The van der Waals surface area contributed by atoms with Crippen molar-refractivity contribution in [1.29, 1.82) is 0 Å². The summed E-state index contributed by atoms with van der Waals surface area (Å²) in [5, 5.41) is 5.62. The number of aromatic nitrogens is 2. The lowest BCUT2D eigenvalue weighted by Gasteiger charge is -2.10. The van der Waals surface area contributed by atoms with Crippen LogP contribution in [0.1, 0.15) is 32.7 Å². The molecule has 0 unspecified atom stereocenters. The number of aryl methyl sites for hydroxylation is 1. The molecule has 33 heavy (non-hydrogen) atoms. The number of rotatable bonds is 8. The molecule has 7 nitrogen and oxygen atoms in total. The molecule has 3 aromatic carbocycles. The lowest BCUT2D eigenvalue weighted by atomic mass is 10.0. The molecule has 1 aromatic heterocycles. The van der Waals surface area contributed by atoms with E-state index in [4.69, 9.17) is 0 Å². The van der Waals surface area contributed by atoms with Crippen LogP contribution in [0.25, 0.3) is 0 Å². The predicted octanol–water partition coefficient (Wildman–Crippen LogP) is 4.40. The van der Waals surface area contributed by atoms with Crippen LogP contribution in [-0.2, 0) is 11.3 Å². The van der Waals surface area contributed by atoms with Gasteiger partial charge in [-0.2, -0.15) is 0 Å². The SMILES string of the molecule is O=C(CCn1ccnc1)Nc1cccc(C(=O)Nc2cccc(C(=O)c3ccccc3)c2)c1. The Morgan fingerprint density at radius 2 is 1.42 bits per heavy atom. The molecule has 7 heteroatoms. The summed E-state index contributed by atoms with van der Waals surface area (Å²) < 4.78 is 1.82. The van der Waals surface area contributed by atoms with Crippen molar-refractivity contribution >= 4 is 29.0 Å². The second-order valence-corrected chi connectivity index (χ2v) is 7.41. The lowest BCUT2D eigenvalue weighted by Crippen LogP contribution is -2.16. The van der Waals surface area contributed by atoms with E-state index in [1.165, 1.54) is 0 Å². The Morgan fingerprint density at radius 3 is 2.15 bits per heavy atom. The van der Waals surface area contributed by atoms with E-state index in [1.807, 2.05) is 22.8 Å². The summed E-state index contributed by atoms with van der Waals surface area (Å²) in [7, 11) is 0. The molecule has 1 heterocycles. The van der Waals surface area contributed by atoms with Gasteiger partial charge in [-0.25, -0.2) is 4.98 Å². The largest absolute Gasteiger partial charge is 0.337 e. The Hall–Kier alpha value is -4.52. The van der Waals surface area contributed by atoms with Crippen LogP contribution in [0.4, 0.5) is 11.4 Å². The number of nitrogens with zero attached hydrogens (tertiary/aromatic N) is 2. The first-order valence-corrected chi connectivity index (χ1v) is 10.5. The van der Waals surface area contributed by atoms with Gasteiger partial charge in [0.15, 0.2) is 5.78 Å². The molecule has 0 aliphatic heterocycles. The molecule has 0 bridgehead atoms. The molecule has 4 rings (SSSR count). The van der Waals surface area contributed by atoms with Crippen molar-refractivity contribution in [2.24, 2.45) is 0 Å². The third-order valence-corrected chi connectivity index (χ3v) is 4.98. The first-order valence-electron chi connectivity index (χ1n) is 10.5. The number of imidazole rings is 1. The number of hydrogen-bond donors (Lipinski definition) is 2. The summed E-state index contributed by atoms with van der Waals surface area (Å²) in [6.07, 6.45) is 5.39. The van der Waals surface area contributed by atoms with E-state index in [9.17, 15) is 14.4 Å². The summed E-state index contributed by atoms with van der Waals surface area (Å²) >= 11 is 0. The molecule has 0 atom stereocenters. The molecular formula is C26H22N4O3. The highest BCUT2D eigenvalue weighted by molar-refractivity contribution is 6.10. The molecule has 2 N–H and O–H groups in total. The van der Waals surface area contributed by atoms with Crippen molar-refractivity contribution in [2.45, 2.75) is 13.0 Å². The summed E-state index contributed by atoms with van der Waals surface area (Å²) in [4.78, 5) is 41.6. The maximum atomic E-state index is 12.8. The number of benzene rings is 3. The van der Waals surface area contributed by atoms with Crippen molar-refractivity contribution in [3.05, 3.63) is 114 Å². The van der Waals surface area contributed by atoms with E-state index in [0.29, 0.717) is 34.6 Å². The van der Waals surface area contributed by atoms with E-state index < -0.39 is 0 Å². The van der Waals surface area contributed by atoms with Crippen LogP contribution >= 0.6 is 0 Å². The van der Waals surface area contributed by atoms with Gasteiger partial charge < -0.3 is 15.2 Å². The molecule has 0 aliphatic rings. The molecule has 0 saturated heterocycles. The van der Waals surface area contributed by atoms with Gasteiger partial charge in [0, 0.05) is 53.4 Å². The smallest absolute Gasteiger partial charge is 0.255 e. The van der Waals surface area contributed by atoms with Gasteiger partial charge in [-0.05, 0) is 30.3 Å². The number of amides is 2. The summed E-state index contributed by atoms with van der Waals surface area (Å²) in [6.45, 7) is 0.518. The molecule has 164 valence electrons. The van der Waals surface area contributed by atoms with E-state index in [0.717, 1.165) is 0 Å². The fourth-order valence-electron chi connectivity index (χ4n) is 3.31. The van der Waals surface area contributed by atoms with Crippen LogP contribution in [0, 0.1) is 0 Å². The molecule has 0 saturated carbocycles. The van der Waals surface area contributed by atoms with Gasteiger partial charge in [0.1, 0.15) is 0 Å². The van der Waals surface area contributed by atoms with Crippen molar-refractivity contribution in [1.82, 2.24) is 9.55 Å².